The molecule has 0 spiro atoms. The molecular formula is C15H14FN5O3. The van der Waals surface area contributed by atoms with E-state index in [9.17, 15) is 14.0 Å². The number of carbonyl (C=O) groups excluding carboxylic acids is 1. The zero-order valence-electron chi connectivity index (χ0n) is 13.0. The molecule has 0 unspecified atom stereocenters. The molecule has 0 aliphatic carbocycles. The lowest BCUT2D eigenvalue weighted by Crippen LogP contribution is -2.30. The quantitative estimate of drug-likeness (QED) is 0.668. The van der Waals surface area contributed by atoms with Crippen molar-refractivity contribution in [3.05, 3.63) is 46.8 Å². The summed E-state index contributed by atoms with van der Waals surface area (Å²) in [5.74, 6) is -0.987. The molecule has 3 aromatic rings. The predicted octanol–water partition coefficient (Wildman–Crippen LogP) is 1.24. The van der Waals surface area contributed by atoms with Crippen molar-refractivity contribution in [3.8, 4) is 5.69 Å². The number of ether oxygens (including phenoxy) is 1. The summed E-state index contributed by atoms with van der Waals surface area (Å²) in [5.41, 5.74) is 0.0488. The fourth-order valence-corrected chi connectivity index (χ4v) is 2.44. The number of fused-ring (bicyclic) bond motifs is 1. The Hall–Kier alpha value is -3.10. The lowest BCUT2D eigenvalue weighted by atomic mass is 10.2. The summed E-state index contributed by atoms with van der Waals surface area (Å²) in [4.78, 5) is 28.6. The predicted molar refractivity (Wildman–Crippen MR) is 82.2 cm³/mol. The molecule has 0 saturated carbocycles. The van der Waals surface area contributed by atoms with Gasteiger partial charge in [-0.2, -0.15) is 4.68 Å². The van der Waals surface area contributed by atoms with E-state index in [0.29, 0.717) is 12.1 Å². The van der Waals surface area contributed by atoms with E-state index in [-0.39, 0.29) is 11.2 Å². The van der Waals surface area contributed by atoms with Crippen LogP contribution in [-0.4, -0.2) is 37.6 Å². The van der Waals surface area contributed by atoms with E-state index in [1.54, 1.807) is 13.0 Å². The number of hydrogen-bond donors (Lipinski definition) is 0. The van der Waals surface area contributed by atoms with Crippen molar-refractivity contribution in [1.29, 1.82) is 0 Å². The van der Waals surface area contributed by atoms with Gasteiger partial charge in [-0.25, -0.2) is 14.2 Å². The molecule has 3 rings (SSSR count). The minimum absolute atomic E-state index is 0.0101. The van der Waals surface area contributed by atoms with Crippen LogP contribution in [0.15, 0.2) is 35.4 Å². The second-order valence-corrected chi connectivity index (χ2v) is 5.06. The molecular weight excluding hydrogens is 317 g/mol. The average Bonchev–Trinajstić information content (AvgIpc) is 3.02. The summed E-state index contributed by atoms with van der Waals surface area (Å²) in [7, 11) is 1.25. The Kier molecular flexibility index (Phi) is 4.07. The van der Waals surface area contributed by atoms with Crippen molar-refractivity contribution in [3.63, 3.8) is 0 Å². The Labute approximate surface area is 135 Å². The van der Waals surface area contributed by atoms with Crippen molar-refractivity contribution in [1.82, 2.24) is 24.5 Å². The van der Waals surface area contributed by atoms with Crippen molar-refractivity contribution >= 4 is 17.1 Å². The van der Waals surface area contributed by atoms with Gasteiger partial charge in [0.25, 0.3) is 5.56 Å². The molecule has 9 heteroatoms. The number of halogens is 1. The topological polar surface area (TPSA) is 91.9 Å². The minimum atomic E-state index is -0.793. The van der Waals surface area contributed by atoms with Crippen molar-refractivity contribution < 1.29 is 13.9 Å². The van der Waals surface area contributed by atoms with Crippen LogP contribution in [0.1, 0.15) is 19.4 Å². The smallest absolute Gasteiger partial charge is 0.329 e. The highest BCUT2D eigenvalue weighted by Gasteiger charge is 2.23. The minimum Gasteiger partial charge on any atom is -0.467 e. The monoisotopic (exact) mass is 331 g/mol. The molecule has 2 heterocycles. The van der Waals surface area contributed by atoms with E-state index in [0.717, 1.165) is 0 Å². The third-order valence-corrected chi connectivity index (χ3v) is 3.64. The van der Waals surface area contributed by atoms with E-state index in [4.69, 9.17) is 4.74 Å². The zero-order chi connectivity index (χ0) is 17.3. The molecule has 1 aromatic carbocycles. The van der Waals surface area contributed by atoms with Gasteiger partial charge in [-0.05, 0) is 24.6 Å². The van der Waals surface area contributed by atoms with Gasteiger partial charge >= 0.3 is 5.97 Å². The summed E-state index contributed by atoms with van der Waals surface area (Å²) in [6.45, 7) is 1.75. The second kappa shape index (κ2) is 6.19. The van der Waals surface area contributed by atoms with Crippen LogP contribution < -0.4 is 5.56 Å². The highest BCUT2D eigenvalue weighted by atomic mass is 19.1. The maximum atomic E-state index is 13.4. The summed E-state index contributed by atoms with van der Waals surface area (Å²) in [6.07, 6.45) is 1.60. The van der Waals surface area contributed by atoms with Gasteiger partial charge in [-0.3, -0.25) is 9.36 Å². The first-order valence-corrected chi connectivity index (χ1v) is 7.23. The van der Waals surface area contributed by atoms with Crippen LogP contribution in [0.5, 0.6) is 0 Å². The number of nitrogens with zero attached hydrogens (tertiary/aromatic N) is 5. The number of esters is 1. The largest absolute Gasteiger partial charge is 0.467 e. The molecule has 24 heavy (non-hydrogen) atoms. The number of carbonyl (C=O) groups is 1. The van der Waals surface area contributed by atoms with Crippen LogP contribution in [0.4, 0.5) is 4.39 Å². The van der Waals surface area contributed by atoms with Crippen LogP contribution in [0, 0.1) is 5.82 Å². The normalized spacial score (nSPS) is 12.3. The van der Waals surface area contributed by atoms with Crippen LogP contribution in [-0.2, 0) is 9.53 Å². The Morgan fingerprint density at radius 1 is 1.42 bits per heavy atom. The van der Waals surface area contributed by atoms with Crippen LogP contribution in [0.2, 0.25) is 0 Å². The Morgan fingerprint density at radius 3 is 2.88 bits per heavy atom. The van der Waals surface area contributed by atoms with Gasteiger partial charge in [0.2, 0.25) is 0 Å². The molecule has 0 radical (unpaired) electrons. The van der Waals surface area contributed by atoms with Gasteiger partial charge in [0.05, 0.1) is 12.8 Å². The molecule has 0 aliphatic heterocycles. The summed E-state index contributed by atoms with van der Waals surface area (Å²) < 4.78 is 20.5. The summed E-state index contributed by atoms with van der Waals surface area (Å²) in [5, 5.41) is 7.70. The van der Waals surface area contributed by atoms with Crippen molar-refractivity contribution in [2.24, 2.45) is 0 Å². The van der Waals surface area contributed by atoms with Crippen molar-refractivity contribution in [2.45, 2.75) is 19.4 Å². The van der Waals surface area contributed by atoms with Gasteiger partial charge in [0.1, 0.15) is 18.2 Å². The van der Waals surface area contributed by atoms with Crippen molar-refractivity contribution in [2.75, 3.05) is 7.11 Å². The highest BCUT2D eigenvalue weighted by Crippen LogP contribution is 2.15. The van der Waals surface area contributed by atoms with E-state index in [1.165, 1.54) is 40.9 Å². The van der Waals surface area contributed by atoms with Gasteiger partial charge in [0.15, 0.2) is 11.2 Å². The maximum Gasteiger partial charge on any atom is 0.329 e. The van der Waals surface area contributed by atoms with Gasteiger partial charge in [0, 0.05) is 0 Å². The number of rotatable bonds is 4. The van der Waals surface area contributed by atoms with E-state index in [1.807, 2.05) is 0 Å². The molecule has 0 saturated heterocycles. The molecule has 0 bridgehead atoms. The molecule has 0 aliphatic rings. The molecule has 0 N–H and O–H groups in total. The lowest BCUT2D eigenvalue weighted by molar-refractivity contribution is -0.144. The fraction of sp³-hybridized carbons (Fsp3) is 0.267. The van der Waals surface area contributed by atoms with E-state index >= 15 is 0 Å². The highest BCUT2D eigenvalue weighted by molar-refractivity contribution is 5.75. The van der Waals surface area contributed by atoms with E-state index in [2.05, 4.69) is 15.3 Å². The third-order valence-electron chi connectivity index (χ3n) is 3.64. The van der Waals surface area contributed by atoms with Gasteiger partial charge in [-0.15, -0.1) is 5.10 Å². The zero-order valence-corrected chi connectivity index (χ0v) is 13.0. The first kappa shape index (κ1) is 15.8. The first-order chi connectivity index (χ1) is 11.6. The molecule has 8 nitrogen and oxygen atoms in total. The molecule has 0 fully saturated rings. The third kappa shape index (κ3) is 2.53. The summed E-state index contributed by atoms with van der Waals surface area (Å²) >= 11 is 0. The van der Waals surface area contributed by atoms with E-state index < -0.39 is 23.4 Å². The Morgan fingerprint density at radius 2 is 2.21 bits per heavy atom. The van der Waals surface area contributed by atoms with Crippen LogP contribution >= 0.6 is 0 Å². The fourth-order valence-electron chi connectivity index (χ4n) is 2.44. The molecule has 124 valence electrons. The Balaban J connectivity index is 2.16. The van der Waals surface area contributed by atoms with Crippen LogP contribution in [0.25, 0.3) is 16.9 Å². The maximum absolute atomic E-state index is 13.4. The van der Waals surface area contributed by atoms with Gasteiger partial charge in [-0.1, -0.05) is 18.2 Å². The lowest BCUT2D eigenvalue weighted by Gasteiger charge is -2.14. The molecule has 0 amide bonds. The van der Waals surface area contributed by atoms with Gasteiger partial charge < -0.3 is 4.74 Å². The van der Waals surface area contributed by atoms with Crippen LogP contribution in [0.3, 0.4) is 0 Å². The number of methoxy groups -OCH3 is 1. The Bertz CT molecular complexity index is 965. The molecule has 1 atom stereocenters. The molecule has 2 aromatic heterocycles. The SMILES string of the molecule is CC[C@@H](C(=O)OC)n1cnc2c(nnn2-c2cccc(F)c2)c1=O. The average molecular weight is 331 g/mol. The summed E-state index contributed by atoms with van der Waals surface area (Å²) in [6, 6.07) is 4.89. The first-order valence-electron chi connectivity index (χ1n) is 7.23. The number of hydrogen-bond acceptors (Lipinski definition) is 6. The number of benzene rings is 1. The standard InChI is InChI=1S/C15H14FN5O3/c1-3-11(15(23)24-2)20-8-17-13-12(14(20)22)18-19-21(13)10-6-4-5-9(16)7-10/h4-8,11H,3H2,1-2H3/t11-/m0/s1. The second-order valence-electron chi connectivity index (χ2n) is 5.06. The number of aromatic nitrogens is 5.